The molecule has 0 bridgehead atoms. The summed E-state index contributed by atoms with van der Waals surface area (Å²) in [5.74, 6) is -4.24. The molecule has 0 unspecified atom stereocenters. The van der Waals surface area contributed by atoms with Crippen molar-refractivity contribution in [3.63, 3.8) is 0 Å². The minimum absolute atomic E-state index is 0.211. The second-order valence-corrected chi connectivity index (χ2v) is 4.11. The summed E-state index contributed by atoms with van der Waals surface area (Å²) in [5, 5.41) is 1.47. The fourth-order valence-electron chi connectivity index (χ4n) is 1.12. The zero-order chi connectivity index (χ0) is 14.8. The van der Waals surface area contributed by atoms with Crippen LogP contribution in [0.3, 0.4) is 0 Å². The third kappa shape index (κ3) is 3.66. The number of carbonyl (C=O) groups is 2. The number of hydrogen-bond donors (Lipinski definition) is 1. The Balaban J connectivity index is 3.22. The molecule has 0 aliphatic rings. The maximum absolute atomic E-state index is 13.2. The molecule has 4 nitrogen and oxygen atoms in total. The molecule has 0 aromatic heterocycles. The number of amides is 1. The molecule has 0 radical (unpaired) electrons. The minimum atomic E-state index is -5.13. The van der Waals surface area contributed by atoms with Crippen molar-refractivity contribution in [2.24, 2.45) is 0 Å². The van der Waals surface area contributed by atoms with E-state index in [2.05, 4.69) is 20.7 Å². The van der Waals surface area contributed by atoms with Crippen LogP contribution in [0.1, 0.15) is 10.4 Å². The lowest BCUT2D eigenvalue weighted by Gasteiger charge is -2.12. The zero-order valence-corrected chi connectivity index (χ0v) is 10.9. The number of halogens is 5. The number of ether oxygens (including phenoxy) is 1. The zero-order valence-electron chi connectivity index (χ0n) is 9.27. The van der Waals surface area contributed by atoms with Crippen molar-refractivity contribution in [3.05, 3.63) is 28.0 Å². The fraction of sp³-hybridized carbons (Fsp3) is 0.200. The first kappa shape index (κ1) is 15.4. The Morgan fingerprint density at radius 1 is 1.32 bits per heavy atom. The minimum Gasteiger partial charge on any atom is -0.465 e. The lowest BCUT2D eigenvalue weighted by Crippen LogP contribution is -2.30. The van der Waals surface area contributed by atoms with Crippen LogP contribution in [-0.2, 0) is 9.53 Å². The summed E-state index contributed by atoms with van der Waals surface area (Å²) in [4.78, 5) is 22.1. The van der Waals surface area contributed by atoms with Crippen LogP contribution < -0.4 is 5.32 Å². The number of anilines is 1. The molecule has 1 aromatic rings. The molecular weight excluding hydrogens is 338 g/mol. The van der Waals surface area contributed by atoms with Crippen molar-refractivity contribution >= 4 is 33.5 Å². The normalized spacial score (nSPS) is 11.1. The van der Waals surface area contributed by atoms with E-state index in [1.165, 1.54) is 5.32 Å². The number of alkyl halides is 3. The molecular formula is C10H6BrF4NO3. The Morgan fingerprint density at radius 2 is 1.89 bits per heavy atom. The van der Waals surface area contributed by atoms with Gasteiger partial charge in [-0.25, -0.2) is 9.18 Å². The first-order valence-electron chi connectivity index (χ1n) is 4.62. The van der Waals surface area contributed by atoms with Crippen LogP contribution in [0.5, 0.6) is 0 Å². The predicted octanol–water partition coefficient (Wildman–Crippen LogP) is 2.88. The lowest BCUT2D eigenvalue weighted by atomic mass is 10.1. The number of hydrogen-bond acceptors (Lipinski definition) is 3. The highest BCUT2D eigenvalue weighted by Gasteiger charge is 2.39. The van der Waals surface area contributed by atoms with Gasteiger partial charge in [0.05, 0.1) is 22.8 Å². The monoisotopic (exact) mass is 343 g/mol. The fourth-order valence-corrected chi connectivity index (χ4v) is 1.47. The highest BCUT2D eigenvalue weighted by atomic mass is 79.9. The van der Waals surface area contributed by atoms with E-state index in [0.717, 1.165) is 13.2 Å². The molecule has 0 saturated carbocycles. The third-order valence-corrected chi connectivity index (χ3v) is 2.58. The molecule has 1 aromatic carbocycles. The van der Waals surface area contributed by atoms with E-state index in [1.807, 2.05) is 0 Å². The molecule has 0 atom stereocenters. The van der Waals surface area contributed by atoms with E-state index in [-0.39, 0.29) is 4.47 Å². The number of nitrogens with one attached hydrogen (secondary N) is 1. The van der Waals surface area contributed by atoms with Gasteiger partial charge >= 0.3 is 18.1 Å². The molecule has 0 fully saturated rings. The van der Waals surface area contributed by atoms with Gasteiger partial charge in [-0.05, 0) is 28.1 Å². The van der Waals surface area contributed by atoms with Crippen molar-refractivity contribution in [2.75, 3.05) is 12.4 Å². The lowest BCUT2D eigenvalue weighted by molar-refractivity contribution is -0.167. The SMILES string of the molecule is COC(=O)c1cc(F)c(Br)cc1NC(=O)C(F)(F)F. The predicted molar refractivity (Wildman–Crippen MR) is 60.1 cm³/mol. The van der Waals surface area contributed by atoms with E-state index < -0.39 is 35.1 Å². The number of esters is 1. The topological polar surface area (TPSA) is 55.4 Å². The van der Waals surface area contributed by atoms with Crippen LogP contribution in [0.4, 0.5) is 23.2 Å². The van der Waals surface area contributed by atoms with Gasteiger partial charge in [0.1, 0.15) is 5.82 Å². The molecule has 0 spiro atoms. The highest BCUT2D eigenvalue weighted by Crippen LogP contribution is 2.27. The van der Waals surface area contributed by atoms with Gasteiger partial charge in [0, 0.05) is 0 Å². The molecule has 0 aliphatic carbocycles. The molecule has 0 saturated heterocycles. The number of carbonyl (C=O) groups excluding carboxylic acids is 2. The van der Waals surface area contributed by atoms with Gasteiger partial charge in [0.15, 0.2) is 0 Å². The maximum Gasteiger partial charge on any atom is 0.471 e. The van der Waals surface area contributed by atoms with Gasteiger partial charge in [-0.1, -0.05) is 0 Å². The average Bonchev–Trinajstić information content (AvgIpc) is 2.31. The molecule has 0 aliphatic heterocycles. The van der Waals surface area contributed by atoms with E-state index in [4.69, 9.17) is 0 Å². The van der Waals surface area contributed by atoms with Crippen LogP contribution in [0.15, 0.2) is 16.6 Å². The first-order chi connectivity index (χ1) is 8.66. The van der Waals surface area contributed by atoms with Crippen LogP contribution in [0.2, 0.25) is 0 Å². The van der Waals surface area contributed by atoms with E-state index >= 15 is 0 Å². The van der Waals surface area contributed by atoms with Gasteiger partial charge < -0.3 is 10.1 Å². The standard InChI is InChI=1S/C10H6BrF4NO3/c1-19-8(17)4-2-6(12)5(11)3-7(4)16-9(18)10(13,14)15/h2-3H,1H3,(H,16,18). The number of benzene rings is 1. The largest absolute Gasteiger partial charge is 0.471 e. The first-order valence-corrected chi connectivity index (χ1v) is 5.41. The van der Waals surface area contributed by atoms with E-state index in [0.29, 0.717) is 6.07 Å². The highest BCUT2D eigenvalue weighted by molar-refractivity contribution is 9.10. The number of rotatable bonds is 2. The molecule has 1 rings (SSSR count). The van der Waals surface area contributed by atoms with Gasteiger partial charge in [-0.2, -0.15) is 13.2 Å². The molecule has 1 N–H and O–H groups in total. The summed E-state index contributed by atoms with van der Waals surface area (Å²) >= 11 is 2.73. The average molecular weight is 344 g/mol. The molecule has 9 heteroatoms. The Kier molecular flexibility index (Phi) is 4.51. The van der Waals surface area contributed by atoms with Crippen LogP contribution in [0.25, 0.3) is 0 Å². The van der Waals surface area contributed by atoms with Crippen LogP contribution >= 0.6 is 15.9 Å². The van der Waals surface area contributed by atoms with E-state index in [1.54, 1.807) is 0 Å². The molecule has 104 valence electrons. The molecule has 1 amide bonds. The molecule has 19 heavy (non-hydrogen) atoms. The van der Waals surface area contributed by atoms with Crippen LogP contribution in [-0.4, -0.2) is 25.2 Å². The van der Waals surface area contributed by atoms with Gasteiger partial charge in [0.25, 0.3) is 0 Å². The van der Waals surface area contributed by atoms with Crippen molar-refractivity contribution < 1.29 is 31.9 Å². The molecule has 0 heterocycles. The Bertz CT molecular complexity index is 530. The van der Waals surface area contributed by atoms with Crippen molar-refractivity contribution in [1.29, 1.82) is 0 Å². The van der Waals surface area contributed by atoms with E-state index in [9.17, 15) is 27.2 Å². The summed E-state index contributed by atoms with van der Waals surface area (Å²) in [6.45, 7) is 0. The Labute approximate surface area is 112 Å². The van der Waals surface area contributed by atoms with Crippen molar-refractivity contribution in [1.82, 2.24) is 0 Å². The summed E-state index contributed by atoms with van der Waals surface area (Å²) in [5.41, 5.74) is -1.04. The van der Waals surface area contributed by atoms with Gasteiger partial charge in [0.2, 0.25) is 0 Å². The summed E-state index contributed by atoms with van der Waals surface area (Å²) < 4.78 is 53.7. The maximum atomic E-state index is 13.2. The van der Waals surface area contributed by atoms with Crippen molar-refractivity contribution in [3.8, 4) is 0 Å². The Morgan fingerprint density at radius 3 is 2.37 bits per heavy atom. The van der Waals surface area contributed by atoms with Crippen LogP contribution in [0, 0.1) is 5.82 Å². The third-order valence-electron chi connectivity index (χ3n) is 1.97. The summed E-state index contributed by atoms with van der Waals surface area (Å²) in [6.07, 6.45) is -5.13. The number of methoxy groups -OCH3 is 1. The summed E-state index contributed by atoms with van der Waals surface area (Å²) in [6, 6.07) is 1.49. The smallest absolute Gasteiger partial charge is 0.465 e. The van der Waals surface area contributed by atoms with Gasteiger partial charge in [-0.3, -0.25) is 4.79 Å². The van der Waals surface area contributed by atoms with Gasteiger partial charge in [-0.15, -0.1) is 0 Å². The second kappa shape index (κ2) is 5.55. The summed E-state index contributed by atoms with van der Waals surface area (Å²) in [7, 11) is 0.970. The second-order valence-electron chi connectivity index (χ2n) is 3.26. The quantitative estimate of drug-likeness (QED) is 0.663. The Hall–Kier alpha value is -1.64. The van der Waals surface area contributed by atoms with Crippen molar-refractivity contribution in [2.45, 2.75) is 6.18 Å².